The highest BCUT2D eigenvalue weighted by molar-refractivity contribution is 5.64. The molecule has 0 radical (unpaired) electrons. The molecule has 0 fully saturated rings. The van der Waals surface area contributed by atoms with Crippen LogP contribution in [0.3, 0.4) is 0 Å². The molecule has 3 heteroatoms. The monoisotopic (exact) mass is 228 g/mol. The SMILES string of the molecule is Cc1cc(C)cc(-c2onc3c2CCNC3)c1. The summed E-state index contributed by atoms with van der Waals surface area (Å²) in [5.74, 6) is 0.952. The van der Waals surface area contributed by atoms with Crippen molar-refractivity contribution >= 4 is 0 Å². The zero-order valence-electron chi connectivity index (χ0n) is 10.2. The van der Waals surface area contributed by atoms with Crippen LogP contribution in [0.25, 0.3) is 11.3 Å². The van der Waals surface area contributed by atoms with Gasteiger partial charge >= 0.3 is 0 Å². The van der Waals surface area contributed by atoms with E-state index in [9.17, 15) is 0 Å². The van der Waals surface area contributed by atoms with Crippen molar-refractivity contribution in [2.75, 3.05) is 6.54 Å². The van der Waals surface area contributed by atoms with Gasteiger partial charge in [0.2, 0.25) is 0 Å². The molecule has 1 aliphatic rings. The third-order valence-electron chi connectivity index (χ3n) is 3.20. The summed E-state index contributed by atoms with van der Waals surface area (Å²) in [7, 11) is 0. The van der Waals surface area contributed by atoms with Gasteiger partial charge in [0.05, 0.1) is 0 Å². The first kappa shape index (κ1) is 10.5. The molecule has 0 bridgehead atoms. The number of nitrogens with zero attached hydrogens (tertiary/aromatic N) is 1. The zero-order chi connectivity index (χ0) is 11.8. The van der Waals surface area contributed by atoms with E-state index in [1.807, 2.05) is 0 Å². The molecule has 3 rings (SSSR count). The number of fused-ring (bicyclic) bond motifs is 1. The van der Waals surface area contributed by atoms with Crippen molar-refractivity contribution in [1.29, 1.82) is 0 Å². The van der Waals surface area contributed by atoms with Crippen molar-refractivity contribution in [2.45, 2.75) is 26.8 Å². The standard InChI is InChI=1S/C14H16N2O/c1-9-5-10(2)7-11(6-9)14-12-3-4-15-8-13(12)16-17-14/h5-7,15H,3-4,8H2,1-2H3. The Bertz CT molecular complexity index is 537. The van der Waals surface area contributed by atoms with Gasteiger partial charge in [0.1, 0.15) is 5.69 Å². The molecule has 2 heterocycles. The first-order chi connectivity index (χ1) is 8.24. The van der Waals surface area contributed by atoms with E-state index in [-0.39, 0.29) is 0 Å². The average molecular weight is 228 g/mol. The minimum absolute atomic E-state index is 0.823. The largest absolute Gasteiger partial charge is 0.356 e. The maximum absolute atomic E-state index is 5.52. The Labute approximate surface area is 101 Å². The minimum Gasteiger partial charge on any atom is -0.356 e. The summed E-state index contributed by atoms with van der Waals surface area (Å²) in [6, 6.07) is 6.50. The lowest BCUT2D eigenvalue weighted by atomic mass is 9.99. The highest BCUT2D eigenvalue weighted by Crippen LogP contribution is 2.29. The van der Waals surface area contributed by atoms with E-state index in [2.05, 4.69) is 42.5 Å². The minimum atomic E-state index is 0.823. The number of nitrogens with one attached hydrogen (secondary N) is 1. The molecule has 3 nitrogen and oxygen atoms in total. The second-order valence-corrected chi connectivity index (χ2v) is 4.74. The predicted octanol–water partition coefficient (Wildman–Crippen LogP) is 2.60. The van der Waals surface area contributed by atoms with Gasteiger partial charge in [-0.25, -0.2) is 0 Å². The summed E-state index contributed by atoms with van der Waals surface area (Å²) < 4.78 is 5.52. The number of aromatic nitrogens is 1. The fourth-order valence-corrected chi connectivity index (χ4v) is 2.49. The molecule has 0 spiro atoms. The van der Waals surface area contributed by atoms with E-state index >= 15 is 0 Å². The van der Waals surface area contributed by atoms with E-state index in [1.54, 1.807) is 0 Å². The van der Waals surface area contributed by atoms with Crippen LogP contribution >= 0.6 is 0 Å². The zero-order valence-corrected chi connectivity index (χ0v) is 10.2. The van der Waals surface area contributed by atoms with Crippen LogP contribution in [0.5, 0.6) is 0 Å². The molecule has 1 aliphatic heterocycles. The third kappa shape index (κ3) is 1.87. The Balaban J connectivity index is 2.11. The van der Waals surface area contributed by atoms with E-state index < -0.39 is 0 Å². The normalized spacial score (nSPS) is 14.7. The Morgan fingerprint density at radius 2 is 1.94 bits per heavy atom. The summed E-state index contributed by atoms with van der Waals surface area (Å²) in [6.45, 7) is 6.05. The topological polar surface area (TPSA) is 38.1 Å². The molecule has 0 saturated carbocycles. The average Bonchev–Trinajstić information content (AvgIpc) is 2.71. The van der Waals surface area contributed by atoms with E-state index in [1.165, 1.54) is 16.7 Å². The summed E-state index contributed by atoms with van der Waals surface area (Å²) in [4.78, 5) is 0. The molecule has 88 valence electrons. The van der Waals surface area contributed by atoms with Gasteiger partial charge in [0.25, 0.3) is 0 Å². The molecule has 0 unspecified atom stereocenters. The highest BCUT2D eigenvalue weighted by Gasteiger charge is 2.20. The fraction of sp³-hybridized carbons (Fsp3) is 0.357. The van der Waals surface area contributed by atoms with Crippen molar-refractivity contribution in [3.05, 3.63) is 40.6 Å². The molecular weight excluding hydrogens is 212 g/mol. The van der Waals surface area contributed by atoms with Crippen molar-refractivity contribution in [3.8, 4) is 11.3 Å². The Morgan fingerprint density at radius 1 is 1.18 bits per heavy atom. The third-order valence-corrected chi connectivity index (χ3v) is 3.20. The Morgan fingerprint density at radius 3 is 2.71 bits per heavy atom. The lowest BCUT2D eigenvalue weighted by Gasteiger charge is -2.11. The van der Waals surface area contributed by atoms with E-state index in [4.69, 9.17) is 4.52 Å². The second-order valence-electron chi connectivity index (χ2n) is 4.74. The predicted molar refractivity (Wildman–Crippen MR) is 66.8 cm³/mol. The van der Waals surface area contributed by atoms with Gasteiger partial charge in [-0.15, -0.1) is 0 Å². The summed E-state index contributed by atoms with van der Waals surface area (Å²) in [5.41, 5.74) is 6.01. The molecule has 1 N–H and O–H groups in total. The maximum atomic E-state index is 5.52. The molecule has 1 aromatic heterocycles. The molecule has 0 saturated heterocycles. The molecule has 2 aromatic rings. The van der Waals surface area contributed by atoms with Gasteiger partial charge in [-0.1, -0.05) is 22.3 Å². The second kappa shape index (κ2) is 4.00. The molecule has 0 aliphatic carbocycles. The summed E-state index contributed by atoms with van der Waals surface area (Å²) in [6.07, 6.45) is 1.00. The number of aryl methyl sites for hydroxylation is 2. The van der Waals surface area contributed by atoms with Crippen LogP contribution in [0.1, 0.15) is 22.4 Å². The molecular formula is C14H16N2O. The summed E-state index contributed by atoms with van der Waals surface area (Å²) >= 11 is 0. The number of hydrogen-bond donors (Lipinski definition) is 1. The lowest BCUT2D eigenvalue weighted by molar-refractivity contribution is 0.421. The molecule has 0 amide bonds. The van der Waals surface area contributed by atoms with Crippen molar-refractivity contribution in [1.82, 2.24) is 10.5 Å². The Hall–Kier alpha value is -1.61. The van der Waals surface area contributed by atoms with Crippen LogP contribution in [0.4, 0.5) is 0 Å². The van der Waals surface area contributed by atoms with Gasteiger partial charge in [0.15, 0.2) is 5.76 Å². The summed E-state index contributed by atoms with van der Waals surface area (Å²) in [5, 5.41) is 7.46. The van der Waals surface area contributed by atoms with Crippen molar-refractivity contribution < 1.29 is 4.52 Å². The quantitative estimate of drug-likeness (QED) is 0.815. The van der Waals surface area contributed by atoms with Crippen LogP contribution in [0, 0.1) is 13.8 Å². The van der Waals surface area contributed by atoms with Crippen LogP contribution < -0.4 is 5.32 Å². The van der Waals surface area contributed by atoms with Crippen LogP contribution in [-0.2, 0) is 13.0 Å². The van der Waals surface area contributed by atoms with Crippen LogP contribution in [-0.4, -0.2) is 11.7 Å². The first-order valence-electron chi connectivity index (χ1n) is 6.01. The molecule has 1 aromatic carbocycles. The Kier molecular flexibility index (Phi) is 2.48. The molecule has 0 atom stereocenters. The van der Waals surface area contributed by atoms with Gasteiger partial charge < -0.3 is 9.84 Å². The van der Waals surface area contributed by atoms with E-state index in [0.717, 1.165) is 36.5 Å². The first-order valence-corrected chi connectivity index (χ1v) is 6.01. The van der Waals surface area contributed by atoms with Gasteiger partial charge in [-0.05, 0) is 38.9 Å². The van der Waals surface area contributed by atoms with E-state index in [0.29, 0.717) is 0 Å². The highest BCUT2D eigenvalue weighted by atomic mass is 16.5. The van der Waals surface area contributed by atoms with Crippen LogP contribution in [0.15, 0.2) is 22.7 Å². The maximum Gasteiger partial charge on any atom is 0.170 e. The van der Waals surface area contributed by atoms with Gasteiger partial charge in [0, 0.05) is 17.7 Å². The van der Waals surface area contributed by atoms with Crippen molar-refractivity contribution in [2.24, 2.45) is 0 Å². The lowest BCUT2D eigenvalue weighted by Crippen LogP contribution is -2.23. The smallest absolute Gasteiger partial charge is 0.170 e. The number of rotatable bonds is 1. The van der Waals surface area contributed by atoms with Crippen molar-refractivity contribution in [3.63, 3.8) is 0 Å². The fourth-order valence-electron chi connectivity index (χ4n) is 2.49. The van der Waals surface area contributed by atoms with Crippen LogP contribution in [0.2, 0.25) is 0 Å². The molecule has 17 heavy (non-hydrogen) atoms. The van der Waals surface area contributed by atoms with Gasteiger partial charge in [-0.2, -0.15) is 0 Å². The number of hydrogen-bond acceptors (Lipinski definition) is 3. The van der Waals surface area contributed by atoms with Gasteiger partial charge in [-0.3, -0.25) is 0 Å². The number of benzene rings is 1.